The lowest BCUT2D eigenvalue weighted by Crippen LogP contribution is -2.24. The summed E-state index contributed by atoms with van der Waals surface area (Å²) in [5.41, 5.74) is 3.37. The van der Waals surface area contributed by atoms with Crippen molar-refractivity contribution in [3.63, 3.8) is 0 Å². The number of nitrogens with one attached hydrogen (secondary N) is 1. The SMILES string of the molecule is N#Cc1ccccc1OCC(=O)N/N=C\c1ccc(Cl)c(Cl)c1. The van der Waals surface area contributed by atoms with Crippen LogP contribution >= 0.6 is 23.2 Å². The summed E-state index contributed by atoms with van der Waals surface area (Å²) in [7, 11) is 0. The predicted octanol–water partition coefficient (Wildman–Crippen LogP) is 3.39. The second-order valence-corrected chi connectivity index (χ2v) is 5.18. The third kappa shape index (κ3) is 4.99. The average molecular weight is 348 g/mol. The first kappa shape index (κ1) is 16.8. The molecule has 7 heteroatoms. The molecule has 0 unspecified atom stereocenters. The number of halogens is 2. The van der Waals surface area contributed by atoms with E-state index in [1.54, 1.807) is 42.5 Å². The number of rotatable bonds is 5. The first-order valence-corrected chi connectivity index (χ1v) is 7.24. The van der Waals surface area contributed by atoms with E-state index < -0.39 is 5.91 Å². The van der Waals surface area contributed by atoms with Gasteiger partial charge in [-0.05, 0) is 29.8 Å². The van der Waals surface area contributed by atoms with Gasteiger partial charge in [-0.1, -0.05) is 41.4 Å². The Balaban J connectivity index is 1.86. The molecule has 0 fully saturated rings. The van der Waals surface area contributed by atoms with Crippen molar-refractivity contribution in [3.05, 3.63) is 63.6 Å². The minimum atomic E-state index is -0.450. The van der Waals surface area contributed by atoms with Crippen molar-refractivity contribution in [1.29, 1.82) is 5.26 Å². The fraction of sp³-hybridized carbons (Fsp3) is 0.0625. The van der Waals surface area contributed by atoms with Crippen molar-refractivity contribution in [1.82, 2.24) is 5.43 Å². The highest BCUT2D eigenvalue weighted by atomic mass is 35.5. The molecule has 0 saturated carbocycles. The molecule has 1 amide bonds. The topological polar surface area (TPSA) is 74.5 Å². The number of hydrogen-bond donors (Lipinski definition) is 1. The molecule has 0 aliphatic heterocycles. The molecule has 23 heavy (non-hydrogen) atoms. The summed E-state index contributed by atoms with van der Waals surface area (Å²) in [4.78, 5) is 11.6. The fourth-order valence-electron chi connectivity index (χ4n) is 1.63. The maximum atomic E-state index is 11.6. The maximum absolute atomic E-state index is 11.6. The lowest BCUT2D eigenvalue weighted by atomic mass is 10.2. The summed E-state index contributed by atoms with van der Waals surface area (Å²) in [6, 6.07) is 13.6. The van der Waals surface area contributed by atoms with Crippen molar-refractivity contribution >= 4 is 35.3 Å². The van der Waals surface area contributed by atoms with Gasteiger partial charge in [0, 0.05) is 0 Å². The minimum absolute atomic E-state index is 0.253. The summed E-state index contributed by atoms with van der Waals surface area (Å²) in [5, 5.41) is 13.6. The van der Waals surface area contributed by atoms with E-state index in [0.717, 1.165) is 0 Å². The summed E-state index contributed by atoms with van der Waals surface area (Å²) < 4.78 is 5.28. The zero-order valence-corrected chi connectivity index (χ0v) is 13.3. The van der Waals surface area contributed by atoms with Gasteiger partial charge in [0.2, 0.25) is 0 Å². The van der Waals surface area contributed by atoms with Crippen LogP contribution in [-0.4, -0.2) is 18.7 Å². The number of benzene rings is 2. The standard InChI is InChI=1S/C16H11Cl2N3O2/c17-13-6-5-11(7-14(13)18)9-20-21-16(22)10-23-15-4-2-1-3-12(15)8-19/h1-7,9H,10H2,(H,21,22)/b20-9-. The highest BCUT2D eigenvalue weighted by Gasteiger charge is 2.05. The van der Waals surface area contributed by atoms with Gasteiger partial charge in [-0.3, -0.25) is 4.79 Å². The maximum Gasteiger partial charge on any atom is 0.277 e. The van der Waals surface area contributed by atoms with Crippen molar-refractivity contribution < 1.29 is 9.53 Å². The van der Waals surface area contributed by atoms with Crippen LogP contribution in [0.3, 0.4) is 0 Å². The van der Waals surface area contributed by atoms with E-state index >= 15 is 0 Å². The van der Waals surface area contributed by atoms with Crippen LogP contribution in [0.15, 0.2) is 47.6 Å². The quantitative estimate of drug-likeness (QED) is 0.665. The molecule has 5 nitrogen and oxygen atoms in total. The molecule has 0 spiro atoms. The van der Waals surface area contributed by atoms with Crippen LogP contribution in [0.4, 0.5) is 0 Å². The largest absolute Gasteiger partial charge is 0.482 e. The number of hydrogen-bond acceptors (Lipinski definition) is 4. The zero-order chi connectivity index (χ0) is 16.7. The van der Waals surface area contributed by atoms with E-state index in [2.05, 4.69) is 10.5 Å². The first-order valence-electron chi connectivity index (χ1n) is 6.49. The molecule has 116 valence electrons. The van der Waals surface area contributed by atoms with Crippen molar-refractivity contribution in [3.8, 4) is 11.8 Å². The first-order chi connectivity index (χ1) is 11.1. The Morgan fingerprint density at radius 1 is 1.26 bits per heavy atom. The van der Waals surface area contributed by atoms with Crippen molar-refractivity contribution in [2.75, 3.05) is 6.61 Å². The molecule has 0 atom stereocenters. The normalized spacial score (nSPS) is 10.3. The number of hydrazone groups is 1. The van der Waals surface area contributed by atoms with Crippen LogP contribution in [0.5, 0.6) is 5.75 Å². The molecule has 0 radical (unpaired) electrons. The summed E-state index contributed by atoms with van der Waals surface area (Å²) in [6.45, 7) is -0.253. The predicted molar refractivity (Wildman–Crippen MR) is 88.9 cm³/mol. The lowest BCUT2D eigenvalue weighted by Gasteiger charge is -2.06. The Morgan fingerprint density at radius 2 is 2.04 bits per heavy atom. The highest BCUT2D eigenvalue weighted by molar-refractivity contribution is 6.42. The molecule has 1 N–H and O–H groups in total. The van der Waals surface area contributed by atoms with Crippen LogP contribution in [0.1, 0.15) is 11.1 Å². The number of para-hydroxylation sites is 1. The molecule has 0 aliphatic carbocycles. The molecule has 0 saturated heterocycles. The number of ether oxygens (including phenoxy) is 1. The Labute approximate surface area is 143 Å². The minimum Gasteiger partial charge on any atom is -0.482 e. The Hall–Kier alpha value is -2.55. The molecular formula is C16H11Cl2N3O2. The van der Waals surface area contributed by atoms with E-state index in [9.17, 15) is 4.79 Å². The van der Waals surface area contributed by atoms with Gasteiger partial charge in [-0.2, -0.15) is 10.4 Å². The van der Waals surface area contributed by atoms with E-state index in [1.165, 1.54) is 6.21 Å². The van der Waals surface area contributed by atoms with Gasteiger partial charge in [0.25, 0.3) is 5.91 Å². The number of carbonyl (C=O) groups is 1. The van der Waals surface area contributed by atoms with Crippen molar-refractivity contribution in [2.45, 2.75) is 0 Å². The van der Waals surface area contributed by atoms with Gasteiger partial charge in [-0.25, -0.2) is 5.43 Å². The van der Waals surface area contributed by atoms with Gasteiger partial charge < -0.3 is 4.74 Å². The number of nitrogens with zero attached hydrogens (tertiary/aromatic N) is 2. The second kappa shape index (κ2) is 8.18. The van der Waals surface area contributed by atoms with E-state index in [4.69, 9.17) is 33.2 Å². The second-order valence-electron chi connectivity index (χ2n) is 4.36. The summed E-state index contributed by atoms with van der Waals surface area (Å²) in [5.74, 6) is -0.104. The Kier molecular flexibility index (Phi) is 5.98. The molecule has 0 bridgehead atoms. The van der Waals surface area contributed by atoms with E-state index in [1.807, 2.05) is 6.07 Å². The Morgan fingerprint density at radius 3 is 2.78 bits per heavy atom. The van der Waals surface area contributed by atoms with Crippen LogP contribution in [0, 0.1) is 11.3 Å². The third-order valence-corrected chi connectivity index (χ3v) is 3.45. The zero-order valence-electron chi connectivity index (χ0n) is 11.8. The molecule has 0 heterocycles. The molecule has 2 rings (SSSR count). The molecular weight excluding hydrogens is 337 g/mol. The summed E-state index contributed by atoms with van der Waals surface area (Å²) in [6.07, 6.45) is 1.43. The molecule has 0 aromatic heterocycles. The number of carbonyl (C=O) groups excluding carboxylic acids is 1. The van der Waals surface area contributed by atoms with Crippen molar-refractivity contribution in [2.24, 2.45) is 5.10 Å². The van der Waals surface area contributed by atoms with Gasteiger partial charge >= 0.3 is 0 Å². The molecule has 0 aliphatic rings. The Bertz CT molecular complexity index is 785. The van der Waals surface area contributed by atoms with Gasteiger partial charge in [0.1, 0.15) is 11.8 Å². The summed E-state index contributed by atoms with van der Waals surface area (Å²) >= 11 is 11.7. The number of amides is 1. The molecule has 2 aromatic carbocycles. The monoisotopic (exact) mass is 347 g/mol. The molecule has 2 aromatic rings. The lowest BCUT2D eigenvalue weighted by molar-refractivity contribution is -0.123. The average Bonchev–Trinajstić information content (AvgIpc) is 2.56. The van der Waals surface area contributed by atoms with Crippen LogP contribution in [-0.2, 0) is 4.79 Å². The van der Waals surface area contributed by atoms with Gasteiger partial charge in [0.05, 0.1) is 21.8 Å². The van der Waals surface area contributed by atoms with E-state index in [0.29, 0.717) is 26.9 Å². The third-order valence-electron chi connectivity index (χ3n) is 2.71. The van der Waals surface area contributed by atoms with Crippen LogP contribution in [0.2, 0.25) is 10.0 Å². The fourth-order valence-corrected chi connectivity index (χ4v) is 1.94. The highest BCUT2D eigenvalue weighted by Crippen LogP contribution is 2.21. The number of nitriles is 1. The van der Waals surface area contributed by atoms with Crippen LogP contribution < -0.4 is 10.2 Å². The van der Waals surface area contributed by atoms with Gasteiger partial charge in [0.15, 0.2) is 6.61 Å². The van der Waals surface area contributed by atoms with E-state index in [-0.39, 0.29) is 6.61 Å². The smallest absolute Gasteiger partial charge is 0.277 e. The van der Waals surface area contributed by atoms with Gasteiger partial charge in [-0.15, -0.1) is 0 Å². The van der Waals surface area contributed by atoms with Crippen LogP contribution in [0.25, 0.3) is 0 Å².